The van der Waals surface area contributed by atoms with Gasteiger partial charge in [-0.1, -0.05) is 12.1 Å². The van der Waals surface area contributed by atoms with Crippen molar-refractivity contribution in [3.8, 4) is 0 Å². The van der Waals surface area contributed by atoms with Crippen LogP contribution in [0.15, 0.2) is 52.1 Å². The number of hydrogen-bond donors (Lipinski definition) is 3. The first-order valence-corrected chi connectivity index (χ1v) is 10.4. The molecule has 1 unspecified atom stereocenters. The van der Waals surface area contributed by atoms with Crippen LogP contribution in [0.25, 0.3) is 0 Å². The molecule has 1 aromatic heterocycles. The second kappa shape index (κ2) is 11.4. The number of carbonyl (C=O) groups excluding carboxylic acids is 1. The Hall–Kier alpha value is -2.84. The number of carbonyl (C=O) groups is 1. The zero-order valence-electron chi connectivity index (χ0n) is 17.7. The predicted octanol–water partition coefficient (Wildman–Crippen LogP) is 2.31. The van der Waals surface area contributed by atoms with Crippen molar-refractivity contribution in [2.75, 3.05) is 44.7 Å². The van der Waals surface area contributed by atoms with Crippen molar-refractivity contribution in [2.24, 2.45) is 4.99 Å². The summed E-state index contributed by atoms with van der Waals surface area (Å²) in [6.07, 6.45) is 1.48. The van der Waals surface area contributed by atoms with Gasteiger partial charge in [-0.3, -0.25) is 9.69 Å². The normalized spacial score (nSPS) is 16.1. The van der Waals surface area contributed by atoms with Crippen LogP contribution in [-0.2, 0) is 11.3 Å². The van der Waals surface area contributed by atoms with E-state index in [4.69, 9.17) is 9.15 Å². The summed E-state index contributed by atoms with van der Waals surface area (Å²) in [4.78, 5) is 19.1. The lowest BCUT2D eigenvalue weighted by Crippen LogP contribution is -2.49. The maximum Gasteiger partial charge on any atom is 0.291 e. The van der Waals surface area contributed by atoms with E-state index in [2.05, 4.69) is 39.7 Å². The molecule has 1 aliphatic heterocycles. The van der Waals surface area contributed by atoms with Crippen LogP contribution in [-0.4, -0.2) is 62.2 Å². The van der Waals surface area contributed by atoms with Crippen molar-refractivity contribution in [1.29, 1.82) is 0 Å². The Balaban J connectivity index is 1.50. The Morgan fingerprint density at radius 2 is 1.93 bits per heavy atom. The van der Waals surface area contributed by atoms with Gasteiger partial charge < -0.3 is 25.1 Å². The number of aliphatic imine (C=N–C) groups is 1. The summed E-state index contributed by atoms with van der Waals surface area (Å²) in [7, 11) is 0. The summed E-state index contributed by atoms with van der Waals surface area (Å²) in [6.45, 7) is 10.00. The third-order valence-electron chi connectivity index (χ3n) is 4.95. The van der Waals surface area contributed by atoms with Gasteiger partial charge in [0.15, 0.2) is 11.7 Å². The lowest BCUT2D eigenvalue weighted by molar-refractivity contribution is 0.0211. The first-order chi connectivity index (χ1) is 14.7. The molecule has 30 heavy (non-hydrogen) atoms. The zero-order valence-corrected chi connectivity index (χ0v) is 17.7. The van der Waals surface area contributed by atoms with E-state index in [0.717, 1.165) is 50.9 Å². The van der Waals surface area contributed by atoms with E-state index in [1.807, 2.05) is 24.3 Å². The van der Waals surface area contributed by atoms with Crippen molar-refractivity contribution >= 4 is 17.6 Å². The van der Waals surface area contributed by atoms with Crippen LogP contribution in [0.3, 0.4) is 0 Å². The van der Waals surface area contributed by atoms with Crippen LogP contribution >= 0.6 is 0 Å². The number of nitrogens with one attached hydrogen (secondary N) is 3. The second-order valence-electron chi connectivity index (χ2n) is 7.20. The number of anilines is 1. The van der Waals surface area contributed by atoms with Gasteiger partial charge in [-0.2, -0.15) is 0 Å². The van der Waals surface area contributed by atoms with Crippen LogP contribution in [0.1, 0.15) is 30.0 Å². The summed E-state index contributed by atoms with van der Waals surface area (Å²) < 4.78 is 10.5. The third kappa shape index (κ3) is 6.60. The van der Waals surface area contributed by atoms with Gasteiger partial charge in [-0.05, 0) is 43.7 Å². The Morgan fingerprint density at radius 3 is 2.60 bits per heavy atom. The number of nitrogens with zero attached hydrogens (tertiary/aromatic N) is 2. The molecule has 1 saturated heterocycles. The van der Waals surface area contributed by atoms with E-state index in [0.29, 0.717) is 18.3 Å². The Kier molecular flexibility index (Phi) is 8.29. The van der Waals surface area contributed by atoms with Gasteiger partial charge in [0.25, 0.3) is 5.91 Å². The number of rotatable bonds is 8. The van der Waals surface area contributed by atoms with E-state index in [9.17, 15) is 4.79 Å². The number of ether oxygens (including phenoxy) is 1. The standard InChI is InChI=1S/C22H31N5O3/c1-3-23-22(24-15-17(2)27-10-13-29-14-11-27)25-16-18-6-8-19(9-7-18)26-21(28)20-5-4-12-30-20/h4-9,12,17H,3,10-11,13-16H2,1-2H3,(H,26,28)(H2,23,24,25). The highest BCUT2D eigenvalue weighted by Crippen LogP contribution is 2.12. The number of guanidine groups is 1. The molecule has 8 nitrogen and oxygen atoms in total. The molecule has 1 atom stereocenters. The van der Waals surface area contributed by atoms with Crippen LogP contribution in [0, 0.1) is 0 Å². The highest BCUT2D eigenvalue weighted by Gasteiger charge is 2.17. The van der Waals surface area contributed by atoms with Crippen molar-refractivity contribution in [3.05, 3.63) is 54.0 Å². The molecule has 0 bridgehead atoms. The second-order valence-corrected chi connectivity index (χ2v) is 7.20. The first-order valence-electron chi connectivity index (χ1n) is 10.4. The van der Waals surface area contributed by atoms with E-state index in [1.54, 1.807) is 12.1 Å². The highest BCUT2D eigenvalue weighted by atomic mass is 16.5. The fraction of sp³-hybridized carbons (Fsp3) is 0.455. The molecule has 2 aromatic rings. The zero-order chi connectivity index (χ0) is 21.2. The summed E-state index contributed by atoms with van der Waals surface area (Å²) >= 11 is 0. The fourth-order valence-electron chi connectivity index (χ4n) is 3.20. The summed E-state index contributed by atoms with van der Waals surface area (Å²) in [5.41, 5.74) is 1.78. The molecule has 0 saturated carbocycles. The van der Waals surface area contributed by atoms with Gasteiger partial charge in [0.2, 0.25) is 0 Å². The molecule has 3 N–H and O–H groups in total. The molecular weight excluding hydrogens is 382 g/mol. The molecule has 1 fully saturated rings. The molecule has 162 valence electrons. The lowest BCUT2D eigenvalue weighted by Gasteiger charge is -2.32. The maximum atomic E-state index is 12.0. The molecule has 2 heterocycles. The quantitative estimate of drug-likeness (QED) is 0.454. The largest absolute Gasteiger partial charge is 0.459 e. The molecule has 0 radical (unpaired) electrons. The van der Waals surface area contributed by atoms with Crippen LogP contribution in [0.2, 0.25) is 0 Å². The highest BCUT2D eigenvalue weighted by molar-refractivity contribution is 6.02. The Bertz CT molecular complexity index is 799. The van der Waals surface area contributed by atoms with Gasteiger partial charge in [-0.25, -0.2) is 4.99 Å². The smallest absolute Gasteiger partial charge is 0.291 e. The van der Waals surface area contributed by atoms with Crippen molar-refractivity contribution in [3.63, 3.8) is 0 Å². The van der Waals surface area contributed by atoms with Crippen LogP contribution in [0.5, 0.6) is 0 Å². The Morgan fingerprint density at radius 1 is 1.17 bits per heavy atom. The van der Waals surface area contributed by atoms with Gasteiger partial charge >= 0.3 is 0 Å². The summed E-state index contributed by atoms with van der Waals surface area (Å²) in [5.74, 6) is 0.822. The van der Waals surface area contributed by atoms with E-state index < -0.39 is 0 Å². The lowest BCUT2D eigenvalue weighted by atomic mass is 10.2. The molecular formula is C22H31N5O3. The molecule has 0 spiro atoms. The van der Waals surface area contributed by atoms with E-state index in [1.165, 1.54) is 6.26 Å². The molecule has 1 amide bonds. The fourth-order valence-corrected chi connectivity index (χ4v) is 3.20. The van der Waals surface area contributed by atoms with Gasteiger partial charge in [-0.15, -0.1) is 0 Å². The summed E-state index contributed by atoms with van der Waals surface area (Å²) in [6, 6.07) is 11.4. The minimum atomic E-state index is -0.265. The van der Waals surface area contributed by atoms with Gasteiger partial charge in [0.05, 0.1) is 26.0 Å². The minimum absolute atomic E-state index is 0.265. The molecule has 8 heteroatoms. The first kappa shape index (κ1) is 21.9. The number of hydrogen-bond acceptors (Lipinski definition) is 5. The van der Waals surface area contributed by atoms with Crippen molar-refractivity contribution in [1.82, 2.24) is 15.5 Å². The van der Waals surface area contributed by atoms with E-state index in [-0.39, 0.29) is 11.7 Å². The SMILES string of the molecule is CCNC(=NCc1ccc(NC(=O)c2ccco2)cc1)NCC(C)N1CCOCC1. The Labute approximate surface area is 177 Å². The van der Waals surface area contributed by atoms with Gasteiger partial charge in [0, 0.05) is 37.9 Å². The van der Waals surface area contributed by atoms with Crippen LogP contribution < -0.4 is 16.0 Å². The van der Waals surface area contributed by atoms with Crippen LogP contribution in [0.4, 0.5) is 5.69 Å². The number of furan rings is 1. The third-order valence-corrected chi connectivity index (χ3v) is 4.95. The molecule has 3 rings (SSSR count). The summed E-state index contributed by atoms with van der Waals surface area (Å²) in [5, 5.41) is 9.54. The minimum Gasteiger partial charge on any atom is -0.459 e. The number of morpholine rings is 1. The molecule has 0 aliphatic carbocycles. The van der Waals surface area contributed by atoms with E-state index >= 15 is 0 Å². The maximum absolute atomic E-state index is 12.0. The number of benzene rings is 1. The topological polar surface area (TPSA) is 91.1 Å². The number of amides is 1. The monoisotopic (exact) mass is 413 g/mol. The predicted molar refractivity (Wildman–Crippen MR) is 118 cm³/mol. The van der Waals surface area contributed by atoms with Crippen molar-refractivity contribution in [2.45, 2.75) is 26.4 Å². The average Bonchev–Trinajstić information content (AvgIpc) is 3.32. The van der Waals surface area contributed by atoms with Gasteiger partial charge in [0.1, 0.15) is 0 Å². The molecule has 1 aliphatic rings. The van der Waals surface area contributed by atoms with Crippen molar-refractivity contribution < 1.29 is 13.9 Å². The molecule has 1 aromatic carbocycles. The average molecular weight is 414 g/mol.